The average Bonchev–Trinajstić information content (AvgIpc) is 2.90. The monoisotopic (exact) mass is 245 g/mol. The van der Waals surface area contributed by atoms with E-state index in [4.69, 9.17) is 16.7 Å². The van der Waals surface area contributed by atoms with Crippen molar-refractivity contribution < 1.29 is 9.90 Å². The molecule has 1 fully saturated rings. The van der Waals surface area contributed by atoms with E-state index in [2.05, 4.69) is 5.32 Å². The lowest BCUT2D eigenvalue weighted by molar-refractivity contribution is -0.140. The summed E-state index contributed by atoms with van der Waals surface area (Å²) in [6.07, 6.45) is 2.05. The van der Waals surface area contributed by atoms with Crippen LogP contribution in [-0.4, -0.2) is 17.1 Å². The van der Waals surface area contributed by atoms with Gasteiger partial charge in [0.15, 0.2) is 0 Å². The summed E-state index contributed by atoms with van der Waals surface area (Å²) in [7, 11) is 0. The van der Waals surface area contributed by atoms with Crippen LogP contribution in [-0.2, 0) is 11.3 Å². The van der Waals surface area contributed by atoms with Crippen LogP contribution in [0.15, 0.2) is 11.4 Å². The maximum absolute atomic E-state index is 10.9. The highest BCUT2D eigenvalue weighted by atomic mass is 35.5. The van der Waals surface area contributed by atoms with E-state index >= 15 is 0 Å². The van der Waals surface area contributed by atoms with Crippen molar-refractivity contribution in [2.75, 3.05) is 0 Å². The summed E-state index contributed by atoms with van der Waals surface area (Å²) in [6, 6.07) is 1.47. The van der Waals surface area contributed by atoms with Gasteiger partial charge in [-0.3, -0.25) is 10.1 Å². The highest BCUT2D eigenvalue weighted by Gasteiger charge is 2.35. The topological polar surface area (TPSA) is 49.3 Å². The van der Waals surface area contributed by atoms with Crippen LogP contribution >= 0.6 is 22.9 Å². The smallest absolute Gasteiger partial charge is 0.320 e. The molecule has 1 saturated carbocycles. The molecule has 1 atom stereocenters. The maximum atomic E-state index is 10.9. The summed E-state index contributed by atoms with van der Waals surface area (Å²) in [5.41, 5.74) is 0. The van der Waals surface area contributed by atoms with Crippen LogP contribution in [0.4, 0.5) is 0 Å². The largest absolute Gasteiger partial charge is 0.480 e. The second-order valence-electron chi connectivity index (χ2n) is 3.77. The second-order valence-corrected chi connectivity index (χ2v) is 5.20. The van der Waals surface area contributed by atoms with Gasteiger partial charge in [0.2, 0.25) is 0 Å². The van der Waals surface area contributed by atoms with Crippen molar-refractivity contribution in [3.8, 4) is 0 Å². The van der Waals surface area contributed by atoms with Gasteiger partial charge in [0.05, 0.1) is 5.02 Å². The normalized spacial score (nSPS) is 17.7. The van der Waals surface area contributed by atoms with Gasteiger partial charge in [-0.25, -0.2) is 0 Å². The molecule has 3 nitrogen and oxygen atoms in total. The van der Waals surface area contributed by atoms with E-state index in [1.54, 1.807) is 11.3 Å². The van der Waals surface area contributed by atoms with Crippen LogP contribution in [0.2, 0.25) is 5.02 Å². The fourth-order valence-electron chi connectivity index (χ4n) is 1.54. The van der Waals surface area contributed by atoms with Gasteiger partial charge in [0.1, 0.15) is 6.04 Å². The molecule has 0 radical (unpaired) electrons. The number of rotatable bonds is 5. The molecule has 1 unspecified atom stereocenters. The van der Waals surface area contributed by atoms with Crippen LogP contribution in [0.25, 0.3) is 0 Å². The lowest BCUT2D eigenvalue weighted by atomic mass is 10.2. The Morgan fingerprint density at radius 2 is 2.47 bits per heavy atom. The van der Waals surface area contributed by atoms with Gasteiger partial charge < -0.3 is 5.11 Å². The van der Waals surface area contributed by atoms with E-state index in [1.165, 1.54) is 0 Å². The minimum Gasteiger partial charge on any atom is -0.480 e. The second kappa shape index (κ2) is 4.51. The lowest BCUT2D eigenvalue weighted by Gasteiger charge is -2.12. The van der Waals surface area contributed by atoms with E-state index in [0.29, 0.717) is 12.5 Å². The number of carboxylic acids is 1. The highest BCUT2D eigenvalue weighted by molar-refractivity contribution is 7.10. The van der Waals surface area contributed by atoms with Gasteiger partial charge in [0.25, 0.3) is 0 Å². The van der Waals surface area contributed by atoms with Gasteiger partial charge in [-0.1, -0.05) is 11.6 Å². The summed E-state index contributed by atoms with van der Waals surface area (Å²) >= 11 is 7.33. The average molecular weight is 246 g/mol. The number of carbonyl (C=O) groups is 1. The van der Waals surface area contributed by atoms with Crippen molar-refractivity contribution in [2.24, 2.45) is 5.92 Å². The van der Waals surface area contributed by atoms with Crippen molar-refractivity contribution in [1.82, 2.24) is 5.32 Å². The number of thiophene rings is 1. The Kier molecular flexibility index (Phi) is 3.29. The zero-order valence-corrected chi connectivity index (χ0v) is 9.64. The van der Waals surface area contributed by atoms with E-state index < -0.39 is 12.0 Å². The first kappa shape index (κ1) is 10.9. The third-order valence-corrected chi connectivity index (χ3v) is 3.76. The summed E-state index contributed by atoms with van der Waals surface area (Å²) in [5.74, 6) is -0.432. The van der Waals surface area contributed by atoms with E-state index in [-0.39, 0.29) is 0 Å². The third-order valence-electron chi connectivity index (χ3n) is 2.48. The fourth-order valence-corrected chi connectivity index (χ4v) is 2.57. The Hall–Kier alpha value is -0.580. The molecule has 2 rings (SSSR count). The molecule has 1 aromatic heterocycles. The molecule has 0 aromatic carbocycles. The van der Waals surface area contributed by atoms with Crippen molar-refractivity contribution in [3.05, 3.63) is 21.3 Å². The van der Waals surface area contributed by atoms with Crippen molar-refractivity contribution in [1.29, 1.82) is 0 Å². The number of halogens is 1. The third kappa shape index (κ3) is 2.93. The maximum Gasteiger partial charge on any atom is 0.320 e. The van der Waals surface area contributed by atoms with Gasteiger partial charge in [-0.05, 0) is 24.8 Å². The van der Waals surface area contributed by atoms with Crippen LogP contribution in [0.3, 0.4) is 0 Å². The molecule has 0 amide bonds. The van der Waals surface area contributed by atoms with E-state index in [0.717, 1.165) is 22.7 Å². The molecule has 2 N–H and O–H groups in total. The van der Waals surface area contributed by atoms with E-state index in [1.807, 2.05) is 11.4 Å². The fraction of sp³-hybridized carbons (Fsp3) is 0.500. The molecule has 1 aliphatic rings. The van der Waals surface area contributed by atoms with Gasteiger partial charge in [0, 0.05) is 16.8 Å². The van der Waals surface area contributed by atoms with Crippen LogP contribution in [0.5, 0.6) is 0 Å². The number of nitrogens with one attached hydrogen (secondary N) is 1. The lowest BCUT2D eigenvalue weighted by Crippen LogP contribution is -2.37. The molecule has 0 bridgehead atoms. The van der Waals surface area contributed by atoms with Crippen molar-refractivity contribution >= 4 is 28.9 Å². The molecule has 82 valence electrons. The molecule has 1 heterocycles. The summed E-state index contributed by atoms with van der Waals surface area (Å²) < 4.78 is 0. The Morgan fingerprint density at radius 3 is 2.93 bits per heavy atom. The Balaban J connectivity index is 1.87. The van der Waals surface area contributed by atoms with Gasteiger partial charge >= 0.3 is 5.97 Å². The highest BCUT2D eigenvalue weighted by Crippen LogP contribution is 2.33. The SMILES string of the molecule is O=C(O)C(NCc1cc(Cl)cs1)C1CC1. The number of carboxylic acid groups (broad SMARTS) is 1. The zero-order valence-electron chi connectivity index (χ0n) is 8.07. The molecule has 0 saturated heterocycles. The van der Waals surface area contributed by atoms with Gasteiger partial charge in [-0.15, -0.1) is 11.3 Å². The van der Waals surface area contributed by atoms with Gasteiger partial charge in [-0.2, -0.15) is 0 Å². The van der Waals surface area contributed by atoms with Crippen molar-refractivity contribution in [2.45, 2.75) is 25.4 Å². The molecular weight excluding hydrogens is 234 g/mol. The molecule has 5 heteroatoms. The minimum atomic E-state index is -0.750. The minimum absolute atomic E-state index is 0.318. The summed E-state index contributed by atoms with van der Waals surface area (Å²) in [6.45, 7) is 0.588. The molecule has 1 aromatic rings. The Morgan fingerprint density at radius 1 is 1.73 bits per heavy atom. The molecule has 0 spiro atoms. The first-order valence-electron chi connectivity index (χ1n) is 4.86. The molecule has 0 aliphatic heterocycles. The predicted molar refractivity (Wildman–Crippen MR) is 60.3 cm³/mol. The van der Waals surface area contributed by atoms with Crippen LogP contribution < -0.4 is 5.32 Å². The summed E-state index contributed by atoms with van der Waals surface area (Å²) in [5, 5.41) is 14.6. The molecule has 15 heavy (non-hydrogen) atoms. The number of hydrogen-bond acceptors (Lipinski definition) is 3. The number of hydrogen-bond donors (Lipinski definition) is 2. The Bertz CT molecular complexity index is 362. The first-order chi connectivity index (χ1) is 7.16. The first-order valence-corrected chi connectivity index (χ1v) is 6.11. The Labute approximate surface area is 97.1 Å². The van der Waals surface area contributed by atoms with Crippen LogP contribution in [0.1, 0.15) is 17.7 Å². The zero-order chi connectivity index (χ0) is 10.8. The van der Waals surface area contributed by atoms with Crippen molar-refractivity contribution in [3.63, 3.8) is 0 Å². The summed E-state index contributed by atoms with van der Waals surface area (Å²) in [4.78, 5) is 12.0. The number of aliphatic carboxylic acids is 1. The predicted octanol–water partition coefficient (Wildman–Crippen LogP) is 2.35. The standard InChI is InChI=1S/C10H12ClNO2S/c11-7-3-8(15-5-7)4-12-9(10(13)14)6-1-2-6/h3,5-6,9,12H,1-2,4H2,(H,13,14). The molecule has 1 aliphatic carbocycles. The molecular formula is C10H12ClNO2S. The van der Waals surface area contributed by atoms with E-state index in [9.17, 15) is 4.79 Å². The van der Waals surface area contributed by atoms with Crippen LogP contribution in [0, 0.1) is 5.92 Å². The quantitative estimate of drug-likeness (QED) is 0.837.